The van der Waals surface area contributed by atoms with E-state index in [9.17, 15) is 9.59 Å². The topological polar surface area (TPSA) is 68.7 Å². The van der Waals surface area contributed by atoms with Gasteiger partial charge in [-0.25, -0.2) is 9.97 Å². The number of hydrogen-bond donors (Lipinski definition) is 0. The lowest BCUT2D eigenvalue weighted by Crippen LogP contribution is -2.14. The molecule has 54 heavy (non-hydrogen) atoms. The van der Waals surface area contributed by atoms with Crippen molar-refractivity contribution in [2.24, 2.45) is 0 Å². The van der Waals surface area contributed by atoms with Crippen molar-refractivity contribution in [2.75, 3.05) is 0 Å². The van der Waals surface area contributed by atoms with Crippen molar-refractivity contribution in [2.45, 2.75) is 0 Å². The number of aromatic nitrogens is 4. The first kappa shape index (κ1) is 29.7. The van der Waals surface area contributed by atoms with Crippen molar-refractivity contribution in [3.8, 4) is 0 Å². The van der Waals surface area contributed by atoms with Crippen LogP contribution >= 0.6 is 46.4 Å². The van der Waals surface area contributed by atoms with E-state index in [4.69, 9.17) is 56.4 Å². The lowest BCUT2D eigenvalue weighted by molar-refractivity contribution is 1.19. The van der Waals surface area contributed by atoms with Crippen LogP contribution in [0.25, 0.3) is 120 Å². The zero-order valence-corrected chi connectivity index (χ0v) is 30.4. The molecule has 0 radical (unpaired) electrons. The first-order valence-corrected chi connectivity index (χ1v) is 18.7. The van der Waals surface area contributed by atoms with Crippen molar-refractivity contribution in [3.63, 3.8) is 0 Å². The number of rotatable bonds is 0. The Balaban J connectivity index is 1.29. The predicted octanol–water partition coefficient (Wildman–Crippen LogP) is 12.2. The standard InChI is InChI=1S/C44H16Cl4N4O2/c45-25-13-21-31-24(44(54)52-40-20-8-4-2-6-18(20)9-11-29(40)49-41(21)52)16-28(48)36-35-27(47)15-23-32-22(14-26(46)34(38(32)35)33(25)37(31)36)42-50-39-19-7-3-1-5-17(19)10-12-30(39)51(42)43(23)53/h1-16H. The molecule has 0 unspecified atom stereocenters. The molecule has 0 aliphatic rings. The van der Waals surface area contributed by atoms with Crippen molar-refractivity contribution >= 4 is 166 Å². The summed E-state index contributed by atoms with van der Waals surface area (Å²) in [6.45, 7) is 0. The third kappa shape index (κ3) is 3.27. The predicted molar refractivity (Wildman–Crippen MR) is 225 cm³/mol. The maximum Gasteiger partial charge on any atom is 0.264 e. The molecule has 4 aromatic heterocycles. The maximum atomic E-state index is 14.7. The zero-order valence-electron chi connectivity index (χ0n) is 27.4. The number of halogens is 4. The molecule has 0 atom stereocenters. The van der Waals surface area contributed by atoms with Gasteiger partial charge in [0.25, 0.3) is 11.1 Å². The van der Waals surface area contributed by atoms with E-state index in [0.29, 0.717) is 107 Å². The fourth-order valence-electron chi connectivity index (χ4n) is 9.46. The van der Waals surface area contributed by atoms with Gasteiger partial charge in [0.05, 0.1) is 32.8 Å². The number of nitrogens with zero attached hydrogens (tertiary/aromatic N) is 4. The summed E-state index contributed by atoms with van der Waals surface area (Å²) in [6.07, 6.45) is 0. The summed E-state index contributed by atoms with van der Waals surface area (Å²) in [4.78, 5) is 39.5. The van der Waals surface area contributed by atoms with E-state index in [-0.39, 0.29) is 11.1 Å². The van der Waals surface area contributed by atoms with Crippen LogP contribution in [0.5, 0.6) is 0 Å². The third-order valence-corrected chi connectivity index (χ3v) is 12.7. The lowest BCUT2D eigenvalue weighted by Gasteiger charge is -2.21. The van der Waals surface area contributed by atoms with Gasteiger partial charge in [-0.3, -0.25) is 18.4 Å². The Morgan fingerprint density at radius 2 is 0.907 bits per heavy atom. The summed E-state index contributed by atoms with van der Waals surface area (Å²) in [6, 6.07) is 30.9. The summed E-state index contributed by atoms with van der Waals surface area (Å²) in [5.74, 6) is 0. The number of fused-ring (bicyclic) bond motifs is 14. The number of benzene rings is 9. The zero-order chi connectivity index (χ0) is 36.0. The molecule has 252 valence electrons. The van der Waals surface area contributed by atoms with Gasteiger partial charge in [0.2, 0.25) is 0 Å². The highest BCUT2D eigenvalue weighted by molar-refractivity contribution is 6.56. The Labute approximate surface area is 320 Å². The van der Waals surface area contributed by atoms with Crippen LogP contribution < -0.4 is 11.1 Å². The second kappa shape index (κ2) is 9.66. The molecule has 0 aliphatic carbocycles. The molecule has 6 nitrogen and oxygen atoms in total. The van der Waals surface area contributed by atoms with Crippen LogP contribution in [-0.2, 0) is 0 Å². The fourth-order valence-corrected chi connectivity index (χ4v) is 10.7. The van der Waals surface area contributed by atoms with Crippen LogP contribution in [0.2, 0.25) is 20.1 Å². The van der Waals surface area contributed by atoms with E-state index in [2.05, 4.69) is 0 Å². The quantitative estimate of drug-likeness (QED) is 0.114. The summed E-state index contributed by atoms with van der Waals surface area (Å²) in [7, 11) is 0. The third-order valence-electron chi connectivity index (χ3n) is 11.6. The summed E-state index contributed by atoms with van der Waals surface area (Å²) >= 11 is 29.4. The van der Waals surface area contributed by atoms with Crippen LogP contribution in [0.4, 0.5) is 0 Å². The molecule has 0 aliphatic heterocycles. The molecule has 13 aromatic rings. The van der Waals surface area contributed by atoms with Gasteiger partial charge in [-0.05, 0) is 47.2 Å². The lowest BCUT2D eigenvalue weighted by atomic mass is 9.86. The highest BCUT2D eigenvalue weighted by atomic mass is 35.5. The number of hydrogen-bond acceptors (Lipinski definition) is 4. The Bertz CT molecular complexity index is 3970. The molecule has 0 saturated carbocycles. The second-order valence-corrected chi connectivity index (χ2v) is 15.7. The van der Waals surface area contributed by atoms with Gasteiger partial charge >= 0.3 is 0 Å². The molecule has 0 spiro atoms. The molecular weight excluding hydrogens is 758 g/mol. The first-order chi connectivity index (χ1) is 26.3. The average Bonchev–Trinajstić information content (AvgIpc) is 3.78. The normalized spacial score (nSPS) is 13.0. The van der Waals surface area contributed by atoms with Crippen molar-refractivity contribution in [1.29, 1.82) is 0 Å². The minimum absolute atomic E-state index is 0.247. The molecule has 0 bridgehead atoms. The highest BCUT2D eigenvalue weighted by Crippen LogP contribution is 2.53. The molecule has 13 rings (SSSR count). The summed E-state index contributed by atoms with van der Waals surface area (Å²) in [5, 5.41) is 12.7. The Morgan fingerprint density at radius 1 is 0.426 bits per heavy atom. The maximum absolute atomic E-state index is 14.7. The minimum Gasteiger partial charge on any atom is -0.268 e. The highest BCUT2D eigenvalue weighted by Gasteiger charge is 2.29. The smallest absolute Gasteiger partial charge is 0.264 e. The fraction of sp³-hybridized carbons (Fsp3) is 0. The molecule has 4 heterocycles. The summed E-state index contributed by atoms with van der Waals surface area (Å²) < 4.78 is 3.32. The number of imidazole rings is 2. The van der Waals surface area contributed by atoms with Crippen LogP contribution in [0.15, 0.2) is 107 Å². The Hall–Kier alpha value is -5.76. The van der Waals surface area contributed by atoms with Crippen LogP contribution in [0.3, 0.4) is 0 Å². The molecule has 10 heteroatoms. The summed E-state index contributed by atoms with van der Waals surface area (Å²) in [5.41, 5.74) is 3.31. The SMILES string of the molecule is O=c1c2cc(Cl)c3c4c(Cl)cc5c(=O)n6c(nc7ccc8ccccc8c76)c6cc(Cl)c(c7c(Cl)cc(c2c37)c2nc3c7ccccc7ccc3n12)c4c56. The van der Waals surface area contributed by atoms with E-state index < -0.39 is 0 Å². The molecular formula is C44H16Cl4N4O2. The largest absolute Gasteiger partial charge is 0.268 e. The monoisotopic (exact) mass is 772 g/mol. The van der Waals surface area contributed by atoms with E-state index in [1.807, 2.05) is 84.9 Å². The molecule has 0 amide bonds. The number of pyridine rings is 2. The van der Waals surface area contributed by atoms with Crippen molar-refractivity contribution < 1.29 is 0 Å². The van der Waals surface area contributed by atoms with Crippen LogP contribution in [0.1, 0.15) is 0 Å². The average molecular weight is 774 g/mol. The first-order valence-electron chi connectivity index (χ1n) is 17.2. The van der Waals surface area contributed by atoms with Gasteiger partial charge in [0.1, 0.15) is 11.3 Å². The van der Waals surface area contributed by atoms with Gasteiger partial charge in [0, 0.05) is 84.7 Å². The van der Waals surface area contributed by atoms with Gasteiger partial charge < -0.3 is 0 Å². The van der Waals surface area contributed by atoms with Gasteiger partial charge in [-0.2, -0.15) is 0 Å². The van der Waals surface area contributed by atoms with Crippen LogP contribution in [-0.4, -0.2) is 18.8 Å². The van der Waals surface area contributed by atoms with Crippen molar-refractivity contribution in [1.82, 2.24) is 18.8 Å². The van der Waals surface area contributed by atoms with Gasteiger partial charge in [0.15, 0.2) is 0 Å². The Kier molecular flexibility index (Phi) is 5.31. The second-order valence-electron chi connectivity index (χ2n) is 14.1. The van der Waals surface area contributed by atoms with E-state index in [1.165, 1.54) is 0 Å². The Morgan fingerprint density at radius 3 is 1.52 bits per heavy atom. The van der Waals surface area contributed by atoms with Crippen molar-refractivity contribution in [3.05, 3.63) is 138 Å². The molecule has 9 aromatic carbocycles. The minimum atomic E-state index is -0.248. The van der Waals surface area contributed by atoms with Gasteiger partial charge in [-0.1, -0.05) is 107 Å². The van der Waals surface area contributed by atoms with Crippen LogP contribution in [0, 0.1) is 0 Å². The van der Waals surface area contributed by atoms with E-state index in [1.54, 1.807) is 20.9 Å². The molecule has 0 N–H and O–H groups in total. The van der Waals surface area contributed by atoms with E-state index in [0.717, 1.165) is 32.6 Å². The molecule has 0 saturated heterocycles. The molecule has 0 fully saturated rings. The van der Waals surface area contributed by atoms with Gasteiger partial charge in [-0.15, -0.1) is 0 Å². The van der Waals surface area contributed by atoms with E-state index >= 15 is 0 Å².